The number of aryl methyl sites for hydroxylation is 1. The fraction of sp³-hybridized carbons (Fsp3) is 0.364. The van der Waals surface area contributed by atoms with Crippen molar-refractivity contribution in [2.45, 2.75) is 32.7 Å². The van der Waals surface area contributed by atoms with Gasteiger partial charge in [0.25, 0.3) is 5.91 Å². The number of nitrogens with zero attached hydrogens (tertiary/aromatic N) is 1. The lowest BCUT2D eigenvalue weighted by Crippen LogP contribution is -2.46. The van der Waals surface area contributed by atoms with Gasteiger partial charge in [0.1, 0.15) is 5.82 Å². The average molecular weight is 384 g/mol. The van der Waals surface area contributed by atoms with Crippen LogP contribution >= 0.6 is 0 Å². The number of carbonyl (C=O) groups is 2. The maximum Gasteiger partial charge on any atom is 0.311 e. The maximum atomic E-state index is 14.5. The first-order valence-corrected chi connectivity index (χ1v) is 9.52. The van der Waals surface area contributed by atoms with Crippen LogP contribution < -0.4 is 5.73 Å². The molecule has 2 aromatic carbocycles. The molecule has 0 aliphatic carbocycles. The van der Waals surface area contributed by atoms with Crippen molar-refractivity contribution < 1.29 is 18.7 Å². The van der Waals surface area contributed by atoms with Crippen LogP contribution in [-0.2, 0) is 9.53 Å². The van der Waals surface area contributed by atoms with E-state index in [1.54, 1.807) is 43.0 Å². The number of piperidine rings is 1. The van der Waals surface area contributed by atoms with Crippen LogP contribution in [0.3, 0.4) is 0 Å². The number of nitrogens with two attached hydrogens (primary N) is 1. The van der Waals surface area contributed by atoms with Gasteiger partial charge in [0.05, 0.1) is 24.1 Å². The molecule has 1 aliphatic heterocycles. The summed E-state index contributed by atoms with van der Waals surface area (Å²) < 4.78 is 19.7. The van der Waals surface area contributed by atoms with Crippen LogP contribution in [0.15, 0.2) is 42.5 Å². The molecule has 6 heteroatoms. The summed E-state index contributed by atoms with van der Waals surface area (Å²) in [5.41, 5.74) is 7.80. The number of likely N-dealkylation sites (tertiary alicyclic amines) is 1. The van der Waals surface area contributed by atoms with E-state index in [0.717, 1.165) is 5.56 Å². The highest BCUT2D eigenvalue weighted by Crippen LogP contribution is 2.38. The smallest absolute Gasteiger partial charge is 0.311 e. The van der Waals surface area contributed by atoms with Crippen molar-refractivity contribution in [1.82, 2.24) is 4.90 Å². The monoisotopic (exact) mass is 384 g/mol. The fourth-order valence-corrected chi connectivity index (χ4v) is 3.87. The Bertz CT molecular complexity index is 846. The van der Waals surface area contributed by atoms with Crippen molar-refractivity contribution in [3.05, 3.63) is 65.0 Å². The number of halogens is 1. The Balaban J connectivity index is 2.05. The number of benzene rings is 2. The summed E-state index contributed by atoms with van der Waals surface area (Å²) in [5.74, 6) is -1.81. The molecule has 2 N–H and O–H groups in total. The van der Waals surface area contributed by atoms with E-state index in [-0.39, 0.29) is 18.1 Å². The van der Waals surface area contributed by atoms with E-state index in [1.807, 2.05) is 12.1 Å². The Morgan fingerprint density at radius 2 is 1.93 bits per heavy atom. The molecule has 28 heavy (non-hydrogen) atoms. The van der Waals surface area contributed by atoms with Gasteiger partial charge in [0.15, 0.2) is 0 Å². The first-order valence-electron chi connectivity index (χ1n) is 9.52. The van der Waals surface area contributed by atoms with Crippen molar-refractivity contribution in [2.24, 2.45) is 5.92 Å². The van der Waals surface area contributed by atoms with Gasteiger partial charge >= 0.3 is 5.97 Å². The molecule has 1 saturated heterocycles. The summed E-state index contributed by atoms with van der Waals surface area (Å²) in [5, 5.41) is 0. The fourth-order valence-electron chi connectivity index (χ4n) is 3.87. The van der Waals surface area contributed by atoms with Crippen LogP contribution in [0.2, 0.25) is 0 Å². The van der Waals surface area contributed by atoms with Crippen LogP contribution in [0.5, 0.6) is 0 Å². The summed E-state index contributed by atoms with van der Waals surface area (Å²) in [4.78, 5) is 27.6. The normalized spacial score (nSPS) is 19.3. The second-order valence-corrected chi connectivity index (χ2v) is 7.04. The lowest BCUT2D eigenvalue weighted by molar-refractivity contribution is -0.151. The van der Waals surface area contributed by atoms with Crippen molar-refractivity contribution in [3.8, 4) is 0 Å². The minimum absolute atomic E-state index is 0.0486. The van der Waals surface area contributed by atoms with Gasteiger partial charge in [-0.05, 0) is 56.0 Å². The maximum absolute atomic E-state index is 14.5. The molecule has 3 rings (SSSR count). The first kappa shape index (κ1) is 19.9. The van der Waals surface area contributed by atoms with Crippen molar-refractivity contribution in [2.75, 3.05) is 18.9 Å². The molecule has 0 bridgehead atoms. The zero-order valence-corrected chi connectivity index (χ0v) is 16.2. The number of hydrogen-bond donors (Lipinski definition) is 1. The molecule has 0 spiro atoms. The highest BCUT2D eigenvalue weighted by atomic mass is 19.1. The van der Waals surface area contributed by atoms with Crippen LogP contribution in [0, 0.1) is 18.7 Å². The summed E-state index contributed by atoms with van der Waals surface area (Å²) >= 11 is 0. The van der Waals surface area contributed by atoms with Gasteiger partial charge in [-0.2, -0.15) is 0 Å². The third kappa shape index (κ3) is 3.86. The Kier molecular flexibility index (Phi) is 5.97. The quantitative estimate of drug-likeness (QED) is 0.641. The predicted octanol–water partition coefficient (Wildman–Crippen LogP) is 3.87. The van der Waals surface area contributed by atoms with E-state index in [9.17, 15) is 14.0 Å². The Labute approximate surface area is 164 Å². The number of nitrogen functional groups attached to an aromatic ring is 1. The van der Waals surface area contributed by atoms with Crippen LogP contribution in [0.25, 0.3) is 0 Å². The molecule has 1 heterocycles. The highest BCUT2D eigenvalue weighted by Gasteiger charge is 2.41. The number of hydrogen-bond acceptors (Lipinski definition) is 4. The predicted molar refractivity (Wildman–Crippen MR) is 105 cm³/mol. The molecule has 2 aromatic rings. The molecule has 0 saturated carbocycles. The molecule has 0 radical (unpaired) electrons. The minimum atomic E-state index is -0.556. The van der Waals surface area contributed by atoms with Gasteiger partial charge < -0.3 is 15.4 Å². The van der Waals surface area contributed by atoms with Gasteiger partial charge in [0.2, 0.25) is 0 Å². The summed E-state index contributed by atoms with van der Waals surface area (Å²) in [7, 11) is 0. The zero-order chi connectivity index (χ0) is 20.3. The second kappa shape index (κ2) is 8.42. The van der Waals surface area contributed by atoms with Crippen molar-refractivity contribution >= 4 is 17.6 Å². The lowest BCUT2D eigenvalue weighted by atomic mass is 9.84. The lowest BCUT2D eigenvalue weighted by Gasteiger charge is -2.40. The van der Waals surface area contributed by atoms with E-state index in [1.165, 1.54) is 6.07 Å². The number of esters is 1. The van der Waals surface area contributed by atoms with Crippen molar-refractivity contribution in [1.29, 1.82) is 0 Å². The van der Waals surface area contributed by atoms with Crippen LogP contribution in [0.1, 0.15) is 47.3 Å². The molecule has 2 atom stereocenters. The molecular weight excluding hydrogens is 359 g/mol. The minimum Gasteiger partial charge on any atom is -0.466 e. The molecule has 1 fully saturated rings. The van der Waals surface area contributed by atoms with Gasteiger partial charge in [-0.25, -0.2) is 4.39 Å². The van der Waals surface area contributed by atoms with Crippen LogP contribution in [0.4, 0.5) is 10.1 Å². The van der Waals surface area contributed by atoms with E-state index in [4.69, 9.17) is 10.5 Å². The second-order valence-electron chi connectivity index (χ2n) is 7.04. The Morgan fingerprint density at radius 3 is 2.57 bits per heavy atom. The van der Waals surface area contributed by atoms with E-state index < -0.39 is 23.7 Å². The standard InChI is InChI=1S/C22H25FN2O3/c1-3-28-22(27)17-7-5-13-25(20(17)15-9-11-16(24)12-10-15)21(26)19-14(2)6-4-8-18(19)23/h4,6,8-12,17,20H,3,5,7,13,24H2,1-2H3. The summed E-state index contributed by atoms with van der Waals surface area (Å²) in [6.07, 6.45) is 1.25. The van der Waals surface area contributed by atoms with Crippen LogP contribution in [-0.4, -0.2) is 29.9 Å². The molecule has 1 amide bonds. The topological polar surface area (TPSA) is 72.6 Å². The largest absolute Gasteiger partial charge is 0.466 e. The van der Waals surface area contributed by atoms with E-state index >= 15 is 0 Å². The van der Waals surface area contributed by atoms with Crippen molar-refractivity contribution in [3.63, 3.8) is 0 Å². The number of carbonyl (C=O) groups excluding carboxylic acids is 2. The third-order valence-electron chi connectivity index (χ3n) is 5.20. The number of amides is 1. The zero-order valence-electron chi connectivity index (χ0n) is 16.2. The number of anilines is 1. The average Bonchev–Trinajstić information content (AvgIpc) is 2.68. The van der Waals surface area contributed by atoms with Gasteiger partial charge in [0, 0.05) is 12.2 Å². The molecule has 1 aliphatic rings. The Hall–Kier alpha value is -2.89. The van der Waals surface area contributed by atoms with Gasteiger partial charge in [-0.3, -0.25) is 9.59 Å². The van der Waals surface area contributed by atoms with Gasteiger partial charge in [-0.1, -0.05) is 24.3 Å². The molecule has 0 aromatic heterocycles. The third-order valence-corrected chi connectivity index (χ3v) is 5.20. The summed E-state index contributed by atoms with van der Waals surface area (Å²) in [6.45, 7) is 4.17. The highest BCUT2D eigenvalue weighted by molar-refractivity contribution is 5.96. The SMILES string of the molecule is CCOC(=O)C1CCCN(C(=O)c2c(C)cccc2F)C1c1ccc(N)cc1. The van der Waals surface area contributed by atoms with E-state index in [2.05, 4.69) is 0 Å². The molecule has 2 unspecified atom stereocenters. The van der Waals surface area contributed by atoms with E-state index in [0.29, 0.717) is 30.6 Å². The first-order chi connectivity index (χ1) is 13.4. The molecule has 148 valence electrons. The van der Waals surface area contributed by atoms with Gasteiger partial charge in [-0.15, -0.1) is 0 Å². The number of rotatable bonds is 4. The summed E-state index contributed by atoms with van der Waals surface area (Å²) in [6, 6.07) is 11.1. The Morgan fingerprint density at radius 1 is 1.21 bits per heavy atom. The number of ether oxygens (including phenoxy) is 1. The molecular formula is C22H25FN2O3. The molecule has 5 nitrogen and oxygen atoms in total.